The molecule has 0 atom stereocenters. The van der Waals surface area contributed by atoms with Gasteiger partial charge in [-0.3, -0.25) is 25.9 Å². The molecule has 0 bridgehead atoms. The SMILES string of the molecule is O=S(=O)(O)O.O=S(=O)([O-])[O-].O=S(=O)([O-])[O-].[K+].[Mg+2].[NH4+]. The normalized spacial score (nSPS) is 9.67. The van der Waals surface area contributed by atoms with Crippen molar-refractivity contribution >= 4 is 54.2 Å². The standard InChI is InChI=1S/K.Mg.H3N.3H2O4S/c;;;3*1-5(2,3)4/h;;1H3;3*(H2,1,2,3,4)/q+1;+2;;;;/p-3. The van der Waals surface area contributed by atoms with E-state index in [0.29, 0.717) is 0 Å². The summed E-state index contributed by atoms with van der Waals surface area (Å²) in [4.78, 5) is 0. The molecule has 0 aliphatic rings. The van der Waals surface area contributed by atoms with Gasteiger partial charge in [-0.2, -0.15) is 8.42 Å². The monoisotopic (exact) mass is 371 g/mol. The van der Waals surface area contributed by atoms with E-state index in [1.165, 1.54) is 0 Å². The average molecular weight is 372 g/mol. The van der Waals surface area contributed by atoms with E-state index < -0.39 is 31.2 Å². The van der Waals surface area contributed by atoms with Gasteiger partial charge in [0.25, 0.3) is 0 Å². The Balaban J connectivity index is -0.0000000277. The van der Waals surface area contributed by atoms with Gasteiger partial charge >= 0.3 is 84.8 Å². The van der Waals surface area contributed by atoms with Gasteiger partial charge in [0, 0.05) is 20.8 Å². The Labute approximate surface area is 162 Å². The molecule has 0 spiro atoms. The first kappa shape index (κ1) is 36.8. The summed E-state index contributed by atoms with van der Waals surface area (Å²) in [5, 5.41) is 0. The third kappa shape index (κ3) is 1330. The second-order valence-electron chi connectivity index (χ2n) is 1.26. The summed E-state index contributed by atoms with van der Waals surface area (Å²) in [5.41, 5.74) is 0. The summed E-state index contributed by atoms with van der Waals surface area (Å²) in [6.45, 7) is 0. The van der Waals surface area contributed by atoms with Gasteiger partial charge in [-0.25, -0.2) is 0 Å². The van der Waals surface area contributed by atoms with Crippen molar-refractivity contribution in [1.29, 1.82) is 0 Å². The van der Waals surface area contributed by atoms with Crippen molar-refractivity contribution in [2.24, 2.45) is 0 Å². The van der Waals surface area contributed by atoms with Crippen molar-refractivity contribution < 1.29 is 104 Å². The summed E-state index contributed by atoms with van der Waals surface area (Å²) < 4.78 is 99.7. The first-order valence-electron chi connectivity index (χ1n) is 2.03. The van der Waals surface area contributed by atoms with Crippen molar-refractivity contribution in [1.82, 2.24) is 6.15 Å². The largest absolute Gasteiger partial charge is 2.00 e. The second kappa shape index (κ2) is 15.4. The maximum Gasteiger partial charge on any atom is 2.00 e. The van der Waals surface area contributed by atoms with Gasteiger partial charge in [-0.05, 0) is 0 Å². The molecule has 0 aromatic carbocycles. The first-order chi connectivity index (χ1) is 6.00. The zero-order chi connectivity index (χ0) is 13.5. The Morgan fingerprint density at radius 3 is 0.667 bits per heavy atom. The maximum absolute atomic E-state index is 8.74. The first-order valence-corrected chi connectivity index (χ1v) is 6.10. The van der Waals surface area contributed by atoms with E-state index in [1.807, 2.05) is 0 Å². The van der Waals surface area contributed by atoms with Crippen LogP contribution in [-0.2, 0) is 31.2 Å². The van der Waals surface area contributed by atoms with E-state index in [9.17, 15) is 0 Å². The van der Waals surface area contributed by atoms with Crippen LogP contribution in [0.3, 0.4) is 0 Å². The third-order valence-corrected chi connectivity index (χ3v) is 0. The van der Waals surface area contributed by atoms with Gasteiger partial charge in [0.15, 0.2) is 0 Å². The van der Waals surface area contributed by atoms with Crippen molar-refractivity contribution in [3.8, 4) is 0 Å². The molecule has 104 valence electrons. The number of rotatable bonds is 0. The Bertz CT molecular complexity index is 348. The molecular weight excluding hydrogens is 366 g/mol. The number of hydrogen-bond acceptors (Lipinski definition) is 10. The minimum absolute atomic E-state index is 0. The summed E-state index contributed by atoms with van der Waals surface area (Å²) in [5.74, 6) is 0. The van der Waals surface area contributed by atoms with E-state index in [-0.39, 0.29) is 80.6 Å². The topological polar surface area (TPSA) is 272 Å². The van der Waals surface area contributed by atoms with Crippen LogP contribution in [0.25, 0.3) is 0 Å². The van der Waals surface area contributed by atoms with Crippen LogP contribution in [0.4, 0.5) is 0 Å². The molecular formula is H6KMgNO12S3. The van der Waals surface area contributed by atoms with Crippen LogP contribution in [0, 0.1) is 0 Å². The van der Waals surface area contributed by atoms with Gasteiger partial charge in [0.1, 0.15) is 0 Å². The molecule has 0 radical (unpaired) electrons. The molecule has 0 aromatic heterocycles. The molecule has 18 heavy (non-hydrogen) atoms. The van der Waals surface area contributed by atoms with Crippen LogP contribution in [-0.4, -0.2) is 75.6 Å². The molecule has 0 heterocycles. The van der Waals surface area contributed by atoms with Crippen LogP contribution in [0.2, 0.25) is 0 Å². The van der Waals surface area contributed by atoms with Crippen LogP contribution in [0.1, 0.15) is 0 Å². The maximum atomic E-state index is 8.74. The van der Waals surface area contributed by atoms with E-state index in [1.54, 1.807) is 0 Å². The Hall–Kier alpha value is 1.97. The number of hydrogen-bond donors (Lipinski definition) is 3. The zero-order valence-electron chi connectivity index (χ0n) is 8.91. The third-order valence-electron chi connectivity index (χ3n) is 0. The van der Waals surface area contributed by atoms with Crippen molar-refractivity contribution in [2.45, 2.75) is 0 Å². The number of quaternary nitrogens is 1. The molecule has 0 saturated carbocycles. The Kier molecular flexibility index (Phi) is 31.4. The molecule has 0 fully saturated rings. The van der Waals surface area contributed by atoms with Crippen LogP contribution in [0.15, 0.2) is 0 Å². The van der Waals surface area contributed by atoms with E-state index >= 15 is 0 Å². The molecule has 0 saturated heterocycles. The summed E-state index contributed by atoms with van der Waals surface area (Å²) in [7, 11) is -15.0. The summed E-state index contributed by atoms with van der Waals surface area (Å²) >= 11 is 0. The second-order valence-corrected chi connectivity index (χ2v) is 3.79. The predicted octanol–water partition coefficient (Wildman–Crippen LogP) is -6.33. The van der Waals surface area contributed by atoms with Gasteiger partial charge in [-0.15, -0.1) is 0 Å². The van der Waals surface area contributed by atoms with Gasteiger partial charge in [-0.1, -0.05) is 0 Å². The van der Waals surface area contributed by atoms with Crippen LogP contribution < -0.4 is 57.5 Å². The van der Waals surface area contributed by atoms with Crippen LogP contribution >= 0.6 is 0 Å². The summed E-state index contributed by atoms with van der Waals surface area (Å²) in [6, 6.07) is 0. The molecule has 0 aliphatic carbocycles. The van der Waals surface area contributed by atoms with Gasteiger partial charge in [0.05, 0.1) is 0 Å². The zero-order valence-corrected chi connectivity index (χ0v) is 15.9. The van der Waals surface area contributed by atoms with E-state index in [2.05, 4.69) is 0 Å². The molecule has 0 rings (SSSR count). The minimum Gasteiger partial charge on any atom is -0.759 e. The molecule has 0 aromatic rings. The summed E-state index contributed by atoms with van der Waals surface area (Å²) in [6.07, 6.45) is 0. The molecule has 6 N–H and O–H groups in total. The van der Waals surface area contributed by atoms with Gasteiger partial charge in [0.2, 0.25) is 0 Å². The Morgan fingerprint density at radius 2 is 0.667 bits per heavy atom. The fraction of sp³-hybridized carbons (Fsp3) is 0. The fourth-order valence-corrected chi connectivity index (χ4v) is 0. The molecule has 0 amide bonds. The van der Waals surface area contributed by atoms with E-state index in [0.717, 1.165) is 0 Å². The molecule has 13 nitrogen and oxygen atoms in total. The molecule has 18 heteroatoms. The van der Waals surface area contributed by atoms with Crippen molar-refractivity contribution in [2.75, 3.05) is 0 Å². The average Bonchev–Trinajstić information content (AvgIpc) is 1.41. The Morgan fingerprint density at radius 1 is 0.667 bits per heavy atom. The fourth-order valence-electron chi connectivity index (χ4n) is 0. The van der Waals surface area contributed by atoms with Crippen LogP contribution in [0.5, 0.6) is 0 Å². The van der Waals surface area contributed by atoms with Gasteiger partial charge < -0.3 is 24.4 Å². The quantitative estimate of drug-likeness (QED) is 0.203. The van der Waals surface area contributed by atoms with E-state index in [4.69, 9.17) is 52.6 Å². The smallest absolute Gasteiger partial charge is 0.759 e. The predicted molar refractivity (Wildman–Crippen MR) is 46.9 cm³/mol. The minimum atomic E-state index is -5.17. The van der Waals surface area contributed by atoms with Crippen molar-refractivity contribution in [3.05, 3.63) is 0 Å². The van der Waals surface area contributed by atoms with Crippen molar-refractivity contribution in [3.63, 3.8) is 0 Å². The molecule has 0 aliphatic heterocycles. The molecule has 0 unspecified atom stereocenters.